The van der Waals surface area contributed by atoms with Crippen LogP contribution in [0.3, 0.4) is 0 Å². The summed E-state index contributed by atoms with van der Waals surface area (Å²) in [5, 5.41) is 12.7. The zero-order valence-electron chi connectivity index (χ0n) is 10.1. The van der Waals surface area contributed by atoms with Gasteiger partial charge in [-0.1, -0.05) is 0 Å². The van der Waals surface area contributed by atoms with Crippen molar-refractivity contribution in [2.24, 2.45) is 10.7 Å². The lowest BCUT2D eigenvalue weighted by atomic mass is 10.3. The van der Waals surface area contributed by atoms with Crippen LogP contribution >= 0.6 is 0 Å². The van der Waals surface area contributed by atoms with Crippen molar-refractivity contribution in [2.75, 3.05) is 7.05 Å². The van der Waals surface area contributed by atoms with E-state index in [0.717, 1.165) is 11.4 Å². The highest BCUT2D eigenvalue weighted by Gasteiger charge is 2.10. The van der Waals surface area contributed by atoms with Gasteiger partial charge in [0.2, 0.25) is 0 Å². The number of hydrogen-bond donors (Lipinski definition) is 2. The number of rotatable bonds is 4. The van der Waals surface area contributed by atoms with Gasteiger partial charge in [-0.3, -0.25) is 9.67 Å². The van der Waals surface area contributed by atoms with E-state index in [1.54, 1.807) is 24.7 Å². The number of hydrogen-bond acceptors (Lipinski definition) is 4. The van der Waals surface area contributed by atoms with Gasteiger partial charge >= 0.3 is 5.97 Å². The first-order valence-corrected chi connectivity index (χ1v) is 5.11. The van der Waals surface area contributed by atoms with Crippen molar-refractivity contribution < 1.29 is 9.90 Å². The number of nitrogens with zero attached hydrogens (tertiary/aromatic N) is 3. The zero-order valence-corrected chi connectivity index (χ0v) is 10.1. The monoisotopic (exact) mass is 236 g/mol. The van der Waals surface area contributed by atoms with Gasteiger partial charge in [0.15, 0.2) is 5.69 Å². The molecule has 0 aliphatic carbocycles. The van der Waals surface area contributed by atoms with Crippen LogP contribution in [-0.2, 0) is 6.54 Å². The molecule has 0 aliphatic heterocycles. The molecule has 0 aromatic carbocycles. The Kier molecular flexibility index (Phi) is 4.03. The number of allylic oxidation sites excluding steroid dienone is 2. The van der Waals surface area contributed by atoms with Crippen molar-refractivity contribution in [1.29, 1.82) is 0 Å². The van der Waals surface area contributed by atoms with E-state index in [1.807, 2.05) is 6.92 Å². The Labute approximate surface area is 99.5 Å². The highest BCUT2D eigenvalue weighted by Crippen LogP contribution is 2.05. The molecular weight excluding hydrogens is 220 g/mol. The molecule has 0 spiro atoms. The minimum absolute atomic E-state index is 0.0242. The Morgan fingerprint density at radius 2 is 2.35 bits per heavy atom. The first-order chi connectivity index (χ1) is 7.93. The summed E-state index contributed by atoms with van der Waals surface area (Å²) >= 11 is 0. The van der Waals surface area contributed by atoms with Crippen molar-refractivity contribution in [1.82, 2.24) is 9.78 Å². The predicted octanol–water partition coefficient (Wildman–Crippen LogP) is 0.823. The smallest absolute Gasteiger partial charge is 0.356 e. The molecule has 1 heterocycles. The number of aromatic carboxylic acids is 1. The molecular formula is C11H16N4O2. The summed E-state index contributed by atoms with van der Waals surface area (Å²) in [5.41, 5.74) is 7.98. The van der Waals surface area contributed by atoms with Gasteiger partial charge in [-0.05, 0) is 26.0 Å². The fourth-order valence-corrected chi connectivity index (χ4v) is 1.33. The molecule has 0 fully saturated rings. The lowest BCUT2D eigenvalue weighted by Gasteiger charge is -2.04. The van der Waals surface area contributed by atoms with Crippen molar-refractivity contribution in [2.45, 2.75) is 20.4 Å². The second-order valence-corrected chi connectivity index (χ2v) is 3.72. The Bertz CT molecular complexity index is 486. The maximum Gasteiger partial charge on any atom is 0.356 e. The molecule has 0 bridgehead atoms. The molecule has 1 aromatic rings. The van der Waals surface area contributed by atoms with E-state index in [9.17, 15) is 4.79 Å². The van der Waals surface area contributed by atoms with Crippen molar-refractivity contribution in [3.8, 4) is 0 Å². The number of carbonyl (C=O) groups is 1. The average Bonchev–Trinajstić information content (AvgIpc) is 2.60. The van der Waals surface area contributed by atoms with Gasteiger partial charge < -0.3 is 10.8 Å². The second-order valence-electron chi connectivity index (χ2n) is 3.72. The van der Waals surface area contributed by atoms with Gasteiger partial charge in [0.1, 0.15) is 0 Å². The Hall–Kier alpha value is -2.11. The van der Waals surface area contributed by atoms with Crippen LogP contribution in [0.5, 0.6) is 0 Å². The molecule has 0 saturated carbocycles. The maximum atomic E-state index is 10.7. The van der Waals surface area contributed by atoms with Crippen LogP contribution in [0.4, 0.5) is 0 Å². The summed E-state index contributed by atoms with van der Waals surface area (Å²) in [4.78, 5) is 14.7. The van der Waals surface area contributed by atoms with E-state index in [-0.39, 0.29) is 5.69 Å². The summed E-state index contributed by atoms with van der Waals surface area (Å²) < 4.78 is 1.55. The number of carboxylic acids is 1. The molecule has 0 unspecified atom stereocenters. The van der Waals surface area contributed by atoms with Crippen LogP contribution in [-0.4, -0.2) is 33.6 Å². The van der Waals surface area contributed by atoms with Gasteiger partial charge in [-0.25, -0.2) is 4.79 Å². The first-order valence-electron chi connectivity index (χ1n) is 5.11. The van der Waals surface area contributed by atoms with Gasteiger partial charge in [0, 0.05) is 24.2 Å². The number of aromatic nitrogens is 2. The second kappa shape index (κ2) is 5.29. The SMILES string of the molecule is CN=C(C)C=C(N)Cn1nc(C(=O)O)cc1C. The third kappa shape index (κ3) is 3.44. The van der Waals surface area contributed by atoms with Crippen LogP contribution in [0.25, 0.3) is 0 Å². The third-order valence-corrected chi connectivity index (χ3v) is 2.28. The number of aryl methyl sites for hydroxylation is 1. The summed E-state index contributed by atoms with van der Waals surface area (Å²) in [7, 11) is 1.68. The van der Waals surface area contributed by atoms with Gasteiger partial charge in [-0.2, -0.15) is 5.10 Å². The van der Waals surface area contributed by atoms with Crippen LogP contribution in [0.1, 0.15) is 23.1 Å². The van der Waals surface area contributed by atoms with E-state index in [1.165, 1.54) is 6.07 Å². The zero-order chi connectivity index (χ0) is 13.0. The average molecular weight is 236 g/mol. The first kappa shape index (κ1) is 13.0. The van der Waals surface area contributed by atoms with Crippen molar-refractivity contribution in [3.63, 3.8) is 0 Å². The normalized spacial score (nSPS) is 12.9. The standard InChI is InChI=1S/C11H16N4O2/c1-7(13-3)4-9(12)6-15-8(2)5-10(14-15)11(16)17/h4-5H,6,12H2,1-3H3,(H,16,17). The van der Waals surface area contributed by atoms with Crippen LogP contribution < -0.4 is 5.73 Å². The summed E-state index contributed by atoms with van der Waals surface area (Å²) in [5.74, 6) is -1.04. The molecule has 0 amide bonds. The number of carboxylic acid groups (broad SMARTS) is 1. The molecule has 0 aliphatic rings. The van der Waals surface area contributed by atoms with Crippen molar-refractivity contribution >= 4 is 11.7 Å². The maximum absolute atomic E-state index is 10.7. The van der Waals surface area contributed by atoms with Crippen molar-refractivity contribution in [3.05, 3.63) is 29.2 Å². The number of aliphatic imine (C=N–C) groups is 1. The minimum Gasteiger partial charge on any atom is -0.476 e. The molecule has 17 heavy (non-hydrogen) atoms. The van der Waals surface area contributed by atoms with Gasteiger partial charge in [-0.15, -0.1) is 0 Å². The Balaban J connectivity index is 2.89. The molecule has 1 aromatic heterocycles. The lowest BCUT2D eigenvalue weighted by molar-refractivity contribution is 0.0689. The van der Waals surface area contributed by atoms with Gasteiger partial charge in [0.05, 0.1) is 6.54 Å². The molecule has 1 rings (SSSR count). The molecule has 0 radical (unpaired) electrons. The lowest BCUT2D eigenvalue weighted by Crippen LogP contribution is -2.12. The Morgan fingerprint density at radius 1 is 1.71 bits per heavy atom. The van der Waals surface area contributed by atoms with E-state index in [4.69, 9.17) is 10.8 Å². The highest BCUT2D eigenvalue weighted by molar-refractivity contribution is 5.93. The molecule has 6 nitrogen and oxygen atoms in total. The van der Waals surface area contributed by atoms with Crippen LogP contribution in [0.2, 0.25) is 0 Å². The van der Waals surface area contributed by atoms with Crippen LogP contribution in [0.15, 0.2) is 22.8 Å². The molecule has 0 saturated heterocycles. The Morgan fingerprint density at radius 3 is 2.82 bits per heavy atom. The fraction of sp³-hybridized carbons (Fsp3) is 0.364. The topological polar surface area (TPSA) is 93.5 Å². The van der Waals surface area contributed by atoms with E-state index < -0.39 is 5.97 Å². The molecule has 0 atom stereocenters. The molecule has 92 valence electrons. The molecule has 6 heteroatoms. The van der Waals surface area contributed by atoms with E-state index in [0.29, 0.717) is 12.2 Å². The van der Waals surface area contributed by atoms with Crippen LogP contribution in [0, 0.1) is 6.92 Å². The fourth-order valence-electron chi connectivity index (χ4n) is 1.33. The molecule has 3 N–H and O–H groups in total. The third-order valence-electron chi connectivity index (χ3n) is 2.28. The highest BCUT2D eigenvalue weighted by atomic mass is 16.4. The summed E-state index contributed by atoms with van der Waals surface area (Å²) in [6, 6.07) is 1.51. The minimum atomic E-state index is -1.04. The van der Waals surface area contributed by atoms with E-state index in [2.05, 4.69) is 10.1 Å². The van der Waals surface area contributed by atoms with Gasteiger partial charge in [0.25, 0.3) is 0 Å². The predicted molar refractivity (Wildman–Crippen MR) is 65.2 cm³/mol. The van der Waals surface area contributed by atoms with E-state index >= 15 is 0 Å². The summed E-state index contributed by atoms with van der Waals surface area (Å²) in [6.45, 7) is 3.98. The number of nitrogens with two attached hydrogens (primary N) is 1. The largest absolute Gasteiger partial charge is 0.476 e. The summed E-state index contributed by atoms with van der Waals surface area (Å²) in [6.07, 6.45) is 1.74. The quantitative estimate of drug-likeness (QED) is 0.757.